The monoisotopic (exact) mass is 342 g/mol. The molecule has 1 amide bonds. The van der Waals surface area contributed by atoms with E-state index in [1.807, 2.05) is 30.3 Å². The second-order valence-corrected chi connectivity index (χ2v) is 6.10. The zero-order valence-corrected chi connectivity index (χ0v) is 13.4. The number of carbonyl (C=O) groups excluding carboxylic acids is 1. The van der Waals surface area contributed by atoms with Crippen LogP contribution in [0.25, 0.3) is 11.0 Å². The van der Waals surface area contributed by atoms with E-state index in [0.29, 0.717) is 21.4 Å². The van der Waals surface area contributed by atoms with Crippen molar-refractivity contribution in [3.05, 3.63) is 53.1 Å². The molecular weight excluding hydrogens is 332 g/mol. The summed E-state index contributed by atoms with van der Waals surface area (Å²) in [5.41, 5.74) is 2.57. The lowest BCUT2D eigenvalue weighted by Crippen LogP contribution is -2.15. The Morgan fingerprint density at radius 3 is 2.96 bits per heavy atom. The van der Waals surface area contributed by atoms with Gasteiger partial charge in [0.05, 0.1) is 28.0 Å². The molecule has 2 aromatic carbocycles. The summed E-state index contributed by atoms with van der Waals surface area (Å²) in [5.74, 6) is -0.0498. The number of amides is 1. The molecule has 0 unspecified atom stereocenters. The summed E-state index contributed by atoms with van der Waals surface area (Å²) in [6, 6.07) is 14.4. The molecule has 0 saturated heterocycles. The number of hydrogen-bond donors (Lipinski definition) is 2. The summed E-state index contributed by atoms with van der Waals surface area (Å²) in [6.45, 7) is 0. The van der Waals surface area contributed by atoms with Crippen LogP contribution >= 0.6 is 23.4 Å². The van der Waals surface area contributed by atoms with Crippen molar-refractivity contribution in [2.24, 2.45) is 0 Å². The van der Waals surface area contributed by atoms with Crippen LogP contribution in [0.3, 0.4) is 0 Å². The number of fused-ring (bicyclic) bond motifs is 1. The molecule has 0 fully saturated rings. The van der Waals surface area contributed by atoms with E-state index < -0.39 is 0 Å². The number of nitrogens with one attached hydrogen (secondary N) is 2. The second-order valence-electron chi connectivity index (χ2n) is 4.70. The number of nitriles is 1. The van der Waals surface area contributed by atoms with Gasteiger partial charge in [-0.3, -0.25) is 4.79 Å². The zero-order chi connectivity index (χ0) is 16.2. The highest BCUT2D eigenvalue weighted by atomic mass is 35.5. The molecule has 0 aliphatic heterocycles. The van der Waals surface area contributed by atoms with Crippen LogP contribution in [0.5, 0.6) is 0 Å². The number of thioether (sulfide) groups is 1. The maximum absolute atomic E-state index is 12.1. The van der Waals surface area contributed by atoms with Crippen LogP contribution in [0, 0.1) is 11.3 Å². The van der Waals surface area contributed by atoms with Crippen LogP contribution < -0.4 is 5.32 Å². The van der Waals surface area contributed by atoms with Gasteiger partial charge >= 0.3 is 0 Å². The van der Waals surface area contributed by atoms with Gasteiger partial charge in [-0.15, -0.1) is 0 Å². The molecule has 1 heterocycles. The summed E-state index contributed by atoms with van der Waals surface area (Å²) in [7, 11) is 0. The number of carbonyl (C=O) groups is 1. The molecule has 7 heteroatoms. The highest BCUT2D eigenvalue weighted by Gasteiger charge is 2.10. The molecule has 0 radical (unpaired) electrons. The summed E-state index contributed by atoms with van der Waals surface area (Å²) in [4.78, 5) is 19.6. The van der Waals surface area contributed by atoms with E-state index >= 15 is 0 Å². The Morgan fingerprint density at radius 1 is 1.35 bits per heavy atom. The Hall–Kier alpha value is -2.49. The average molecular weight is 343 g/mol. The smallest absolute Gasteiger partial charge is 0.234 e. The predicted molar refractivity (Wildman–Crippen MR) is 91.6 cm³/mol. The standard InChI is InChI=1S/C16H11ClN4OS/c17-11-6-5-10(8-18)14(7-11)19-15(22)9-23-16-20-12-3-1-2-4-13(12)21-16/h1-7H,9H2,(H,19,22)(H,20,21). The first-order valence-corrected chi connectivity index (χ1v) is 8.09. The first-order chi connectivity index (χ1) is 11.2. The van der Waals surface area contributed by atoms with Crippen LogP contribution in [0.2, 0.25) is 5.02 Å². The number of para-hydroxylation sites is 2. The van der Waals surface area contributed by atoms with Gasteiger partial charge in [0.1, 0.15) is 6.07 Å². The molecule has 114 valence electrons. The molecule has 0 saturated carbocycles. The summed E-state index contributed by atoms with van der Waals surface area (Å²) in [5, 5.41) is 12.9. The van der Waals surface area contributed by atoms with Crippen molar-refractivity contribution in [3.63, 3.8) is 0 Å². The number of halogens is 1. The second kappa shape index (κ2) is 6.73. The highest BCUT2D eigenvalue weighted by Crippen LogP contribution is 2.22. The van der Waals surface area contributed by atoms with Gasteiger partial charge in [-0.25, -0.2) is 4.98 Å². The lowest BCUT2D eigenvalue weighted by atomic mass is 10.2. The third-order valence-corrected chi connectivity index (χ3v) is 4.19. The topological polar surface area (TPSA) is 81.6 Å². The first-order valence-electron chi connectivity index (χ1n) is 6.73. The van der Waals surface area contributed by atoms with Gasteiger partial charge in [0.25, 0.3) is 0 Å². The number of benzene rings is 2. The largest absolute Gasteiger partial charge is 0.333 e. The summed E-state index contributed by atoms with van der Waals surface area (Å²) >= 11 is 7.19. The molecule has 1 aromatic heterocycles. The third-order valence-electron chi connectivity index (χ3n) is 3.08. The van der Waals surface area contributed by atoms with Crippen LogP contribution in [0.15, 0.2) is 47.6 Å². The van der Waals surface area contributed by atoms with Gasteiger partial charge in [-0.2, -0.15) is 5.26 Å². The van der Waals surface area contributed by atoms with Gasteiger partial charge < -0.3 is 10.3 Å². The zero-order valence-electron chi connectivity index (χ0n) is 11.8. The Morgan fingerprint density at radius 2 is 2.17 bits per heavy atom. The van der Waals surface area contributed by atoms with Crippen molar-refractivity contribution in [1.82, 2.24) is 9.97 Å². The van der Waals surface area contributed by atoms with E-state index in [4.69, 9.17) is 16.9 Å². The average Bonchev–Trinajstić information content (AvgIpc) is 2.96. The van der Waals surface area contributed by atoms with E-state index in [1.54, 1.807) is 18.2 Å². The maximum atomic E-state index is 12.1. The van der Waals surface area contributed by atoms with E-state index in [9.17, 15) is 4.79 Å². The van der Waals surface area contributed by atoms with Gasteiger partial charge in [0.15, 0.2) is 5.16 Å². The molecule has 0 aliphatic rings. The van der Waals surface area contributed by atoms with E-state index in [2.05, 4.69) is 15.3 Å². The fourth-order valence-electron chi connectivity index (χ4n) is 2.04. The molecular formula is C16H11ClN4OS. The number of nitrogens with zero attached hydrogens (tertiary/aromatic N) is 2. The first kappa shape index (κ1) is 15.4. The minimum absolute atomic E-state index is 0.178. The lowest BCUT2D eigenvalue weighted by Gasteiger charge is -2.06. The Kier molecular flexibility index (Phi) is 4.51. The van der Waals surface area contributed by atoms with Crippen LogP contribution in [0.4, 0.5) is 5.69 Å². The van der Waals surface area contributed by atoms with Crippen molar-refractivity contribution >= 4 is 46.0 Å². The Balaban J connectivity index is 1.66. The minimum Gasteiger partial charge on any atom is -0.333 e. The number of anilines is 1. The number of imidazole rings is 1. The number of aromatic amines is 1. The third kappa shape index (κ3) is 3.65. The predicted octanol–water partition coefficient (Wildman–Crippen LogP) is 3.82. The van der Waals surface area contributed by atoms with Crippen molar-refractivity contribution < 1.29 is 4.79 Å². The molecule has 0 bridgehead atoms. The van der Waals surface area contributed by atoms with Gasteiger partial charge in [-0.05, 0) is 30.3 Å². The normalized spacial score (nSPS) is 10.4. The van der Waals surface area contributed by atoms with E-state index in [1.165, 1.54) is 11.8 Å². The quantitative estimate of drug-likeness (QED) is 0.706. The van der Waals surface area contributed by atoms with Crippen LogP contribution in [-0.4, -0.2) is 21.6 Å². The number of hydrogen-bond acceptors (Lipinski definition) is 4. The molecule has 0 spiro atoms. The van der Waals surface area contributed by atoms with Crippen molar-refractivity contribution in [1.29, 1.82) is 5.26 Å². The van der Waals surface area contributed by atoms with Crippen LogP contribution in [-0.2, 0) is 4.79 Å². The molecule has 0 atom stereocenters. The fourth-order valence-corrected chi connectivity index (χ4v) is 2.89. The van der Waals surface area contributed by atoms with Crippen molar-refractivity contribution in [2.45, 2.75) is 5.16 Å². The maximum Gasteiger partial charge on any atom is 0.234 e. The molecule has 5 nitrogen and oxygen atoms in total. The SMILES string of the molecule is N#Cc1ccc(Cl)cc1NC(=O)CSc1nc2ccccc2[nH]1. The van der Waals surface area contributed by atoms with Gasteiger partial charge in [0.2, 0.25) is 5.91 Å². The molecule has 0 aliphatic carbocycles. The lowest BCUT2D eigenvalue weighted by molar-refractivity contribution is -0.113. The number of H-pyrrole nitrogens is 1. The van der Waals surface area contributed by atoms with Gasteiger partial charge in [0, 0.05) is 5.02 Å². The molecule has 3 aromatic rings. The number of aromatic nitrogens is 2. The summed E-state index contributed by atoms with van der Waals surface area (Å²) < 4.78 is 0. The van der Waals surface area contributed by atoms with Crippen LogP contribution in [0.1, 0.15) is 5.56 Å². The summed E-state index contributed by atoms with van der Waals surface area (Å²) in [6.07, 6.45) is 0. The minimum atomic E-state index is -0.228. The highest BCUT2D eigenvalue weighted by molar-refractivity contribution is 7.99. The van der Waals surface area contributed by atoms with Crippen molar-refractivity contribution in [2.75, 3.05) is 11.1 Å². The van der Waals surface area contributed by atoms with E-state index in [0.717, 1.165) is 11.0 Å². The molecule has 23 heavy (non-hydrogen) atoms. The molecule has 3 rings (SSSR count). The molecule has 2 N–H and O–H groups in total. The fraction of sp³-hybridized carbons (Fsp3) is 0.0625. The van der Waals surface area contributed by atoms with Gasteiger partial charge in [-0.1, -0.05) is 35.5 Å². The Bertz CT molecular complexity index is 883. The number of rotatable bonds is 4. The van der Waals surface area contributed by atoms with Crippen molar-refractivity contribution in [3.8, 4) is 6.07 Å². The Labute approximate surface area is 141 Å². The van der Waals surface area contributed by atoms with E-state index in [-0.39, 0.29) is 11.7 Å².